The molecule has 17 heavy (non-hydrogen) atoms. The van der Waals surface area contributed by atoms with Crippen molar-refractivity contribution in [3.8, 4) is 0 Å². The van der Waals surface area contributed by atoms with Crippen LogP contribution in [0.25, 0.3) is 0 Å². The quantitative estimate of drug-likeness (QED) is 0.814. The highest BCUT2D eigenvalue weighted by molar-refractivity contribution is 7.92. The van der Waals surface area contributed by atoms with Gasteiger partial charge in [0.15, 0.2) is 9.84 Å². The van der Waals surface area contributed by atoms with Crippen molar-refractivity contribution in [3.63, 3.8) is 0 Å². The Morgan fingerprint density at radius 3 is 2.59 bits per heavy atom. The van der Waals surface area contributed by atoms with Crippen LogP contribution < -0.4 is 5.73 Å². The summed E-state index contributed by atoms with van der Waals surface area (Å²) in [6, 6.07) is 4.50. The fraction of sp³-hybridized carbons (Fsp3) is 0.455. The van der Waals surface area contributed by atoms with Gasteiger partial charge >= 0.3 is 0 Å². The van der Waals surface area contributed by atoms with Crippen LogP contribution in [0.3, 0.4) is 0 Å². The van der Waals surface area contributed by atoms with Gasteiger partial charge in [0.2, 0.25) is 0 Å². The molecule has 0 aliphatic rings. The molecule has 1 rings (SSSR count). The standard InChI is InChI=1S/C11H16FNO3S/c1-2-17(15,16)10(7-14)11(13)8-4-3-5-9(12)6-8/h3-6,10-11,14H,2,7,13H2,1H3/t10-,11-/m0/s1. The monoisotopic (exact) mass is 261 g/mol. The van der Waals surface area contributed by atoms with Gasteiger partial charge in [-0.2, -0.15) is 0 Å². The molecule has 0 unspecified atom stereocenters. The highest BCUT2D eigenvalue weighted by Crippen LogP contribution is 2.21. The average molecular weight is 261 g/mol. The predicted octanol–water partition coefficient (Wildman–Crippen LogP) is 0.621. The Balaban J connectivity index is 3.06. The maximum absolute atomic E-state index is 13.0. The molecular weight excluding hydrogens is 245 g/mol. The van der Waals surface area contributed by atoms with E-state index in [1.54, 1.807) is 6.07 Å². The highest BCUT2D eigenvalue weighted by atomic mass is 32.2. The molecular formula is C11H16FNO3S. The predicted molar refractivity (Wildman–Crippen MR) is 63.7 cm³/mol. The minimum Gasteiger partial charge on any atom is -0.395 e. The summed E-state index contributed by atoms with van der Waals surface area (Å²) >= 11 is 0. The molecule has 1 aromatic rings. The highest BCUT2D eigenvalue weighted by Gasteiger charge is 2.30. The first kappa shape index (κ1) is 14.1. The molecule has 0 amide bonds. The smallest absolute Gasteiger partial charge is 0.157 e. The van der Waals surface area contributed by atoms with Crippen LogP contribution in [0, 0.1) is 5.82 Å². The topological polar surface area (TPSA) is 80.4 Å². The van der Waals surface area contributed by atoms with E-state index < -0.39 is 33.6 Å². The van der Waals surface area contributed by atoms with Gasteiger partial charge in [-0.15, -0.1) is 0 Å². The van der Waals surface area contributed by atoms with Crippen LogP contribution in [-0.2, 0) is 9.84 Å². The molecule has 0 radical (unpaired) electrons. The van der Waals surface area contributed by atoms with Crippen molar-refractivity contribution in [2.45, 2.75) is 18.2 Å². The van der Waals surface area contributed by atoms with Crippen LogP contribution in [0.5, 0.6) is 0 Å². The molecule has 2 atom stereocenters. The third-order valence-electron chi connectivity index (χ3n) is 2.68. The van der Waals surface area contributed by atoms with Crippen LogP contribution in [0.1, 0.15) is 18.5 Å². The summed E-state index contributed by atoms with van der Waals surface area (Å²) in [5.41, 5.74) is 6.14. The molecule has 0 bridgehead atoms. The van der Waals surface area contributed by atoms with Gasteiger partial charge in [0.1, 0.15) is 11.1 Å². The van der Waals surface area contributed by atoms with Crippen molar-refractivity contribution in [2.24, 2.45) is 5.73 Å². The molecule has 0 aliphatic carbocycles. The second-order valence-corrected chi connectivity index (χ2v) is 6.26. The Kier molecular flexibility index (Phi) is 4.62. The van der Waals surface area contributed by atoms with E-state index in [2.05, 4.69) is 0 Å². The van der Waals surface area contributed by atoms with Gasteiger partial charge in [-0.05, 0) is 17.7 Å². The van der Waals surface area contributed by atoms with E-state index in [1.165, 1.54) is 25.1 Å². The van der Waals surface area contributed by atoms with Crippen molar-refractivity contribution in [1.82, 2.24) is 0 Å². The summed E-state index contributed by atoms with van der Waals surface area (Å²) in [6.07, 6.45) is 0. The molecule has 0 aliphatic heterocycles. The van der Waals surface area contributed by atoms with E-state index in [1.807, 2.05) is 0 Å². The van der Waals surface area contributed by atoms with Crippen molar-refractivity contribution in [3.05, 3.63) is 35.6 Å². The lowest BCUT2D eigenvalue weighted by Gasteiger charge is -2.21. The molecule has 3 N–H and O–H groups in total. The van der Waals surface area contributed by atoms with Gasteiger partial charge in [-0.3, -0.25) is 0 Å². The number of hydrogen-bond donors (Lipinski definition) is 2. The molecule has 96 valence electrons. The summed E-state index contributed by atoms with van der Waals surface area (Å²) in [5.74, 6) is -0.593. The Morgan fingerprint density at radius 2 is 2.12 bits per heavy atom. The summed E-state index contributed by atoms with van der Waals surface area (Å²) in [5, 5.41) is 8.04. The van der Waals surface area contributed by atoms with Crippen LogP contribution in [0.2, 0.25) is 0 Å². The van der Waals surface area contributed by atoms with Crippen molar-refractivity contribution in [1.29, 1.82) is 0 Å². The summed E-state index contributed by atoms with van der Waals surface area (Å²) in [6.45, 7) is 0.907. The second-order valence-electron chi connectivity index (χ2n) is 3.75. The van der Waals surface area contributed by atoms with Crippen molar-refractivity contribution >= 4 is 9.84 Å². The molecule has 4 nitrogen and oxygen atoms in total. The van der Waals surface area contributed by atoms with Gasteiger partial charge in [0, 0.05) is 11.8 Å². The van der Waals surface area contributed by atoms with Gasteiger partial charge in [-0.25, -0.2) is 12.8 Å². The lowest BCUT2D eigenvalue weighted by Crippen LogP contribution is -2.37. The lowest BCUT2D eigenvalue weighted by molar-refractivity contribution is 0.277. The van der Waals surface area contributed by atoms with Crippen molar-refractivity contribution < 1.29 is 17.9 Å². The SMILES string of the molecule is CCS(=O)(=O)[C@@H](CO)[C@@H](N)c1cccc(F)c1. The van der Waals surface area contributed by atoms with Crippen LogP contribution in [0.4, 0.5) is 4.39 Å². The zero-order chi connectivity index (χ0) is 13.1. The van der Waals surface area contributed by atoms with Gasteiger partial charge in [-0.1, -0.05) is 19.1 Å². The Bertz CT molecular complexity index is 475. The lowest BCUT2D eigenvalue weighted by atomic mass is 10.0. The first-order chi connectivity index (χ1) is 7.92. The van der Waals surface area contributed by atoms with E-state index in [0.29, 0.717) is 5.56 Å². The molecule has 0 fully saturated rings. The Hall–Kier alpha value is -0.980. The summed E-state index contributed by atoms with van der Waals surface area (Å²) in [4.78, 5) is 0. The van der Waals surface area contributed by atoms with E-state index in [-0.39, 0.29) is 5.75 Å². The first-order valence-corrected chi connectivity index (χ1v) is 6.97. The van der Waals surface area contributed by atoms with Crippen LogP contribution in [-0.4, -0.2) is 31.1 Å². The number of nitrogens with two attached hydrogens (primary N) is 1. The van der Waals surface area contributed by atoms with Gasteiger partial charge in [0.25, 0.3) is 0 Å². The van der Waals surface area contributed by atoms with E-state index in [9.17, 15) is 12.8 Å². The fourth-order valence-corrected chi connectivity index (χ4v) is 2.85. The van der Waals surface area contributed by atoms with Gasteiger partial charge in [0.05, 0.1) is 6.61 Å². The van der Waals surface area contributed by atoms with E-state index in [4.69, 9.17) is 10.8 Å². The number of rotatable bonds is 5. The number of aliphatic hydroxyl groups excluding tert-OH is 1. The number of halogens is 1. The van der Waals surface area contributed by atoms with Crippen LogP contribution >= 0.6 is 0 Å². The summed E-state index contributed by atoms with van der Waals surface area (Å²) < 4.78 is 36.4. The Morgan fingerprint density at radius 1 is 1.47 bits per heavy atom. The molecule has 0 spiro atoms. The normalized spacial score (nSPS) is 15.5. The molecule has 6 heteroatoms. The third kappa shape index (κ3) is 3.24. The maximum atomic E-state index is 13.0. The minimum absolute atomic E-state index is 0.110. The maximum Gasteiger partial charge on any atom is 0.157 e. The third-order valence-corrected chi connectivity index (χ3v) is 4.85. The minimum atomic E-state index is -3.47. The molecule has 0 saturated carbocycles. The second kappa shape index (κ2) is 5.57. The van der Waals surface area contributed by atoms with E-state index >= 15 is 0 Å². The average Bonchev–Trinajstić information content (AvgIpc) is 2.29. The van der Waals surface area contributed by atoms with Crippen LogP contribution in [0.15, 0.2) is 24.3 Å². The molecule has 0 aromatic heterocycles. The zero-order valence-corrected chi connectivity index (χ0v) is 10.3. The van der Waals surface area contributed by atoms with Gasteiger partial charge < -0.3 is 10.8 Å². The zero-order valence-electron chi connectivity index (χ0n) is 9.51. The number of aliphatic hydroxyl groups is 1. The molecule has 0 saturated heterocycles. The number of benzene rings is 1. The van der Waals surface area contributed by atoms with E-state index in [0.717, 1.165) is 0 Å². The Labute approximate surface area is 100 Å². The largest absolute Gasteiger partial charge is 0.395 e. The number of sulfone groups is 1. The van der Waals surface area contributed by atoms with Crippen molar-refractivity contribution in [2.75, 3.05) is 12.4 Å². The number of hydrogen-bond acceptors (Lipinski definition) is 4. The fourth-order valence-electron chi connectivity index (χ4n) is 1.59. The summed E-state index contributed by atoms with van der Waals surface area (Å²) in [7, 11) is -3.47. The first-order valence-electron chi connectivity index (χ1n) is 5.25. The molecule has 0 heterocycles. The molecule has 1 aromatic carbocycles.